The Bertz CT molecular complexity index is 1050. The highest BCUT2D eigenvalue weighted by molar-refractivity contribution is 7.30. The minimum atomic E-state index is -2.79. The Morgan fingerprint density at radius 3 is 1.61 bits per heavy atom. The van der Waals surface area contributed by atoms with Crippen molar-refractivity contribution < 1.29 is 28.2 Å². The molecule has 0 spiro atoms. The van der Waals surface area contributed by atoms with Gasteiger partial charge in [0.15, 0.2) is 0 Å². The summed E-state index contributed by atoms with van der Waals surface area (Å²) in [5.74, 6) is 2.23. The first-order valence-corrected chi connectivity index (χ1v) is 13.4. The Morgan fingerprint density at radius 1 is 0.722 bits per heavy atom. The van der Waals surface area contributed by atoms with Crippen LogP contribution in [0, 0.1) is 11.8 Å². The van der Waals surface area contributed by atoms with Crippen molar-refractivity contribution in [3.8, 4) is 11.5 Å². The van der Waals surface area contributed by atoms with Crippen molar-refractivity contribution in [1.29, 1.82) is 0 Å². The zero-order chi connectivity index (χ0) is 25.4. The Balaban J connectivity index is 1.65. The van der Waals surface area contributed by atoms with E-state index in [0.717, 1.165) is 53.9 Å². The Kier molecular flexibility index (Phi) is 9.11. The molecule has 190 valence electrons. The van der Waals surface area contributed by atoms with Crippen LogP contribution < -0.4 is 14.4 Å². The van der Waals surface area contributed by atoms with Gasteiger partial charge in [0, 0.05) is 0 Å². The maximum atomic E-state index is 10.8. The van der Waals surface area contributed by atoms with Gasteiger partial charge in [-0.2, -0.15) is 0 Å². The molecule has 3 aromatic rings. The second-order valence-electron chi connectivity index (χ2n) is 9.22. The summed E-state index contributed by atoms with van der Waals surface area (Å²) in [5, 5.41) is 0. The van der Waals surface area contributed by atoms with Gasteiger partial charge < -0.3 is 19.1 Å². The molecule has 0 heterocycles. The van der Waals surface area contributed by atoms with Crippen LogP contribution >= 0.6 is 8.25 Å². The zero-order valence-electron chi connectivity index (χ0n) is 20.8. The molecular formula is C29H33O6P. The smallest absolute Gasteiger partial charge is 0.488 e. The Morgan fingerprint density at radius 2 is 1.17 bits per heavy atom. The van der Waals surface area contributed by atoms with Gasteiger partial charge in [0.25, 0.3) is 0 Å². The quantitative estimate of drug-likeness (QED) is 0.239. The second-order valence-corrected chi connectivity index (χ2v) is 9.93. The maximum Gasteiger partial charge on any atom is 0.488 e. The van der Waals surface area contributed by atoms with Crippen LogP contribution in [-0.2, 0) is 19.4 Å². The van der Waals surface area contributed by atoms with E-state index < -0.39 is 13.9 Å². The van der Waals surface area contributed by atoms with Crippen LogP contribution in [0.15, 0.2) is 78.9 Å². The maximum absolute atomic E-state index is 10.8. The minimum Gasteiger partial charge on any atom is -0.566 e. The number of hydrogen-bond donors (Lipinski definition) is 0. The number of methoxy groups -OCH3 is 2. The molecule has 1 fully saturated rings. The summed E-state index contributed by atoms with van der Waals surface area (Å²) >= 11 is 0. The monoisotopic (exact) mass is 508 g/mol. The van der Waals surface area contributed by atoms with E-state index in [4.69, 9.17) is 18.7 Å². The lowest BCUT2D eigenvalue weighted by atomic mass is 9.79. The predicted molar refractivity (Wildman–Crippen MR) is 137 cm³/mol. The van der Waals surface area contributed by atoms with Gasteiger partial charge in [0.1, 0.15) is 23.7 Å². The van der Waals surface area contributed by atoms with Gasteiger partial charge in [-0.05, 0) is 83.0 Å². The summed E-state index contributed by atoms with van der Waals surface area (Å²) in [6, 6.07) is 26.4. The van der Waals surface area contributed by atoms with Crippen LogP contribution in [0.3, 0.4) is 0 Å². The first-order valence-electron chi connectivity index (χ1n) is 12.3. The molecule has 1 saturated carbocycles. The zero-order valence-corrected chi connectivity index (χ0v) is 21.7. The van der Waals surface area contributed by atoms with E-state index in [9.17, 15) is 9.46 Å². The summed E-state index contributed by atoms with van der Waals surface area (Å²) in [5.41, 5.74) is 2.25. The van der Waals surface area contributed by atoms with E-state index in [0.29, 0.717) is 12.5 Å². The standard InChI is InChI=1S/C29H33O6P/c1-32-27-16-12-25(13-17-27)29(24-6-4-3-5-7-24,26-14-18-28(33-2)19-15-26)34-20-22-8-10-23(11-9-22)21-35-36(30)31/h3-7,12-19,22-23H,8-11,20-21H2,1-2H3. The number of ether oxygens (including phenoxy) is 3. The molecule has 0 amide bonds. The third-order valence-corrected chi connectivity index (χ3v) is 7.45. The van der Waals surface area contributed by atoms with Crippen LogP contribution in [0.2, 0.25) is 0 Å². The highest BCUT2D eigenvalue weighted by Gasteiger charge is 2.39. The van der Waals surface area contributed by atoms with E-state index in [1.54, 1.807) is 14.2 Å². The molecule has 3 aromatic carbocycles. The van der Waals surface area contributed by atoms with Crippen LogP contribution in [0.4, 0.5) is 0 Å². The molecule has 1 unspecified atom stereocenters. The largest absolute Gasteiger partial charge is 0.566 e. The van der Waals surface area contributed by atoms with Crippen LogP contribution in [0.25, 0.3) is 0 Å². The van der Waals surface area contributed by atoms with Crippen LogP contribution in [-0.4, -0.2) is 27.4 Å². The molecule has 7 heteroatoms. The van der Waals surface area contributed by atoms with Crippen molar-refractivity contribution in [2.45, 2.75) is 31.3 Å². The fraction of sp³-hybridized carbons (Fsp3) is 0.379. The third-order valence-electron chi connectivity index (χ3n) is 7.09. The van der Waals surface area contributed by atoms with Gasteiger partial charge in [-0.25, -0.2) is 0 Å². The molecule has 36 heavy (non-hydrogen) atoms. The number of hydrogen-bond acceptors (Lipinski definition) is 6. The fourth-order valence-corrected chi connectivity index (χ4v) is 5.38. The van der Waals surface area contributed by atoms with Gasteiger partial charge in [0.2, 0.25) is 0 Å². The molecule has 0 radical (unpaired) electrons. The molecule has 4 rings (SSSR count). The fourth-order valence-electron chi connectivity index (χ4n) is 5.05. The lowest BCUT2D eigenvalue weighted by Gasteiger charge is -2.38. The molecule has 6 nitrogen and oxygen atoms in total. The molecular weight excluding hydrogens is 475 g/mol. The topological polar surface area (TPSA) is 77.1 Å². The predicted octanol–water partition coefficient (Wildman–Crippen LogP) is 5.85. The average Bonchev–Trinajstić information content (AvgIpc) is 2.94. The van der Waals surface area contributed by atoms with Gasteiger partial charge in [-0.15, -0.1) is 4.52 Å². The molecule has 1 atom stereocenters. The van der Waals surface area contributed by atoms with Crippen molar-refractivity contribution >= 4 is 8.25 Å². The van der Waals surface area contributed by atoms with E-state index in [1.807, 2.05) is 42.5 Å². The van der Waals surface area contributed by atoms with Crippen molar-refractivity contribution in [2.75, 3.05) is 27.4 Å². The number of rotatable bonds is 11. The minimum absolute atomic E-state index is 0.274. The SMILES string of the molecule is COc1ccc(C(OCC2CCC(CO[P+](=O)[O-])CC2)(c2ccccc2)c2ccc(OC)cc2)cc1. The highest BCUT2D eigenvalue weighted by atomic mass is 31.1. The Labute approximate surface area is 214 Å². The van der Waals surface area contributed by atoms with Gasteiger partial charge in [-0.3, -0.25) is 0 Å². The average molecular weight is 509 g/mol. The van der Waals surface area contributed by atoms with Crippen molar-refractivity contribution in [3.05, 3.63) is 95.6 Å². The van der Waals surface area contributed by atoms with E-state index in [2.05, 4.69) is 36.4 Å². The first kappa shape index (κ1) is 26.3. The molecule has 0 saturated heterocycles. The van der Waals surface area contributed by atoms with E-state index >= 15 is 0 Å². The normalized spacial score (nSPS) is 18.5. The van der Waals surface area contributed by atoms with Crippen LogP contribution in [0.5, 0.6) is 11.5 Å². The first-order chi connectivity index (χ1) is 17.5. The lowest BCUT2D eigenvalue weighted by molar-refractivity contribution is -0.186. The van der Waals surface area contributed by atoms with E-state index in [1.165, 1.54) is 0 Å². The van der Waals surface area contributed by atoms with Crippen molar-refractivity contribution in [2.24, 2.45) is 11.8 Å². The molecule has 0 aliphatic heterocycles. The van der Waals surface area contributed by atoms with Crippen LogP contribution in [0.1, 0.15) is 42.4 Å². The molecule has 0 aromatic heterocycles. The Hall–Kier alpha value is -2.76. The van der Waals surface area contributed by atoms with E-state index in [-0.39, 0.29) is 12.5 Å². The lowest BCUT2D eigenvalue weighted by Crippen LogP contribution is -2.35. The van der Waals surface area contributed by atoms with Crippen molar-refractivity contribution in [3.63, 3.8) is 0 Å². The molecule has 1 aliphatic carbocycles. The number of benzene rings is 3. The summed E-state index contributed by atoms with van der Waals surface area (Å²) in [6.07, 6.45) is 3.81. The summed E-state index contributed by atoms with van der Waals surface area (Å²) < 4.78 is 33.5. The molecule has 0 bridgehead atoms. The van der Waals surface area contributed by atoms with Crippen molar-refractivity contribution in [1.82, 2.24) is 0 Å². The van der Waals surface area contributed by atoms with Gasteiger partial charge in [0.05, 0.1) is 20.8 Å². The van der Waals surface area contributed by atoms with Gasteiger partial charge in [-0.1, -0.05) is 54.6 Å². The summed E-state index contributed by atoms with van der Waals surface area (Å²) in [4.78, 5) is 10.8. The second kappa shape index (κ2) is 12.5. The van der Waals surface area contributed by atoms with Gasteiger partial charge >= 0.3 is 8.25 Å². The highest BCUT2D eigenvalue weighted by Crippen LogP contribution is 2.43. The third kappa shape index (κ3) is 6.13. The summed E-state index contributed by atoms with van der Waals surface area (Å²) in [7, 11) is 0.540. The molecule has 0 N–H and O–H groups in total. The summed E-state index contributed by atoms with van der Waals surface area (Å²) in [6.45, 7) is 0.855. The molecule has 1 aliphatic rings.